The van der Waals surface area contributed by atoms with E-state index in [1.807, 2.05) is 6.92 Å². The molecule has 2 heterocycles. The Hall–Kier alpha value is -2.28. The Morgan fingerprint density at radius 1 is 1.36 bits per heavy atom. The quantitative estimate of drug-likeness (QED) is 0.808. The molecule has 22 heavy (non-hydrogen) atoms. The molecule has 2 rings (SSSR count). The molecule has 0 radical (unpaired) electrons. The number of carboxylic acid groups (broad SMARTS) is 1. The molecular formula is C15H17N3O3S. The standard InChI is InChI=1S/C15H17N3O3S/c1-10-13(22-9-17-10)2-3-14(19)18-12(15(20)21)8-11-4-6-16-7-5-11/h4-7,9,12H,2-3,8H2,1H3,(H,18,19)(H,20,21)/t12-/m0/s1. The number of nitrogens with one attached hydrogen (secondary N) is 1. The van der Waals surface area contributed by atoms with Crippen molar-refractivity contribution in [2.24, 2.45) is 0 Å². The number of aryl methyl sites for hydroxylation is 2. The maximum atomic E-state index is 12.0. The van der Waals surface area contributed by atoms with Crippen LogP contribution in [0.5, 0.6) is 0 Å². The van der Waals surface area contributed by atoms with Gasteiger partial charge in [-0.2, -0.15) is 0 Å². The number of aromatic nitrogens is 2. The first kappa shape index (κ1) is 16.1. The highest BCUT2D eigenvalue weighted by Gasteiger charge is 2.20. The fourth-order valence-corrected chi connectivity index (χ4v) is 2.80. The second-order valence-electron chi connectivity index (χ2n) is 4.88. The topological polar surface area (TPSA) is 92.2 Å². The van der Waals surface area contributed by atoms with Gasteiger partial charge in [0.1, 0.15) is 6.04 Å². The monoisotopic (exact) mass is 319 g/mol. The van der Waals surface area contributed by atoms with Crippen molar-refractivity contribution in [1.82, 2.24) is 15.3 Å². The number of rotatable bonds is 7. The molecule has 0 aliphatic heterocycles. The van der Waals surface area contributed by atoms with Crippen molar-refractivity contribution in [3.05, 3.63) is 46.2 Å². The van der Waals surface area contributed by atoms with Gasteiger partial charge in [0, 0.05) is 30.1 Å². The van der Waals surface area contributed by atoms with Gasteiger partial charge in [0.2, 0.25) is 5.91 Å². The molecule has 1 atom stereocenters. The summed E-state index contributed by atoms with van der Waals surface area (Å²) in [6.45, 7) is 1.90. The Labute approximate surface area is 132 Å². The van der Waals surface area contributed by atoms with Gasteiger partial charge in [0.25, 0.3) is 0 Å². The molecule has 1 amide bonds. The average molecular weight is 319 g/mol. The molecule has 0 aromatic carbocycles. The number of amides is 1. The molecule has 7 heteroatoms. The number of carbonyl (C=O) groups is 2. The van der Waals surface area contributed by atoms with Crippen LogP contribution in [-0.2, 0) is 22.4 Å². The van der Waals surface area contributed by atoms with Crippen LogP contribution < -0.4 is 5.32 Å². The summed E-state index contributed by atoms with van der Waals surface area (Å²) in [5, 5.41) is 11.8. The van der Waals surface area contributed by atoms with E-state index in [0.717, 1.165) is 16.1 Å². The first-order chi connectivity index (χ1) is 10.6. The van der Waals surface area contributed by atoms with Crippen LogP contribution in [0.4, 0.5) is 0 Å². The lowest BCUT2D eigenvalue weighted by atomic mass is 10.1. The van der Waals surface area contributed by atoms with E-state index in [0.29, 0.717) is 6.42 Å². The van der Waals surface area contributed by atoms with E-state index in [2.05, 4.69) is 15.3 Å². The van der Waals surface area contributed by atoms with E-state index < -0.39 is 12.0 Å². The van der Waals surface area contributed by atoms with Crippen molar-refractivity contribution >= 4 is 23.2 Å². The van der Waals surface area contributed by atoms with Gasteiger partial charge in [-0.25, -0.2) is 9.78 Å². The number of pyridine rings is 1. The molecule has 0 saturated heterocycles. The molecule has 2 aromatic rings. The van der Waals surface area contributed by atoms with Crippen LogP contribution >= 0.6 is 11.3 Å². The highest BCUT2D eigenvalue weighted by Crippen LogP contribution is 2.14. The summed E-state index contributed by atoms with van der Waals surface area (Å²) in [6.07, 6.45) is 4.27. The Balaban J connectivity index is 1.89. The fourth-order valence-electron chi connectivity index (χ4n) is 2.01. The van der Waals surface area contributed by atoms with Gasteiger partial charge < -0.3 is 10.4 Å². The average Bonchev–Trinajstić information content (AvgIpc) is 2.91. The molecule has 0 bridgehead atoms. The number of nitrogens with zero attached hydrogens (tertiary/aromatic N) is 2. The SMILES string of the molecule is Cc1ncsc1CCC(=O)N[C@@H](Cc1ccncc1)C(=O)O. The Morgan fingerprint density at radius 2 is 2.09 bits per heavy atom. The van der Waals surface area contributed by atoms with E-state index in [-0.39, 0.29) is 18.7 Å². The summed E-state index contributed by atoms with van der Waals surface area (Å²) in [5.74, 6) is -1.31. The molecule has 0 fully saturated rings. The third-order valence-electron chi connectivity index (χ3n) is 3.25. The van der Waals surface area contributed by atoms with E-state index >= 15 is 0 Å². The lowest BCUT2D eigenvalue weighted by Gasteiger charge is -2.14. The number of hydrogen-bond acceptors (Lipinski definition) is 5. The zero-order chi connectivity index (χ0) is 15.9. The minimum Gasteiger partial charge on any atom is -0.480 e. The summed E-state index contributed by atoms with van der Waals surface area (Å²) in [7, 11) is 0. The maximum Gasteiger partial charge on any atom is 0.326 e. The summed E-state index contributed by atoms with van der Waals surface area (Å²) >= 11 is 1.50. The molecule has 0 spiro atoms. The zero-order valence-electron chi connectivity index (χ0n) is 12.2. The smallest absolute Gasteiger partial charge is 0.326 e. The van der Waals surface area contributed by atoms with Crippen LogP contribution in [0.25, 0.3) is 0 Å². The van der Waals surface area contributed by atoms with Crippen molar-refractivity contribution < 1.29 is 14.7 Å². The highest BCUT2D eigenvalue weighted by atomic mass is 32.1. The highest BCUT2D eigenvalue weighted by molar-refractivity contribution is 7.09. The van der Waals surface area contributed by atoms with Crippen LogP contribution in [0, 0.1) is 6.92 Å². The van der Waals surface area contributed by atoms with Crippen LogP contribution in [0.1, 0.15) is 22.6 Å². The lowest BCUT2D eigenvalue weighted by Crippen LogP contribution is -2.42. The fraction of sp³-hybridized carbons (Fsp3) is 0.333. The molecule has 2 aromatic heterocycles. The van der Waals surface area contributed by atoms with Gasteiger partial charge in [-0.3, -0.25) is 9.78 Å². The van der Waals surface area contributed by atoms with Crippen molar-refractivity contribution in [3.63, 3.8) is 0 Å². The van der Waals surface area contributed by atoms with Crippen LogP contribution in [0.15, 0.2) is 30.0 Å². The van der Waals surface area contributed by atoms with Crippen molar-refractivity contribution in [1.29, 1.82) is 0 Å². The first-order valence-electron chi connectivity index (χ1n) is 6.86. The summed E-state index contributed by atoms with van der Waals surface area (Å²) < 4.78 is 0. The number of aliphatic carboxylic acids is 1. The minimum absolute atomic E-state index is 0.239. The van der Waals surface area contributed by atoms with Crippen molar-refractivity contribution in [3.8, 4) is 0 Å². The van der Waals surface area contributed by atoms with E-state index in [9.17, 15) is 14.7 Å². The normalized spacial score (nSPS) is 11.9. The van der Waals surface area contributed by atoms with Gasteiger partial charge in [0.05, 0.1) is 11.2 Å². The van der Waals surface area contributed by atoms with Gasteiger partial charge in [-0.1, -0.05) is 0 Å². The molecule has 2 N–H and O–H groups in total. The van der Waals surface area contributed by atoms with Crippen molar-refractivity contribution in [2.75, 3.05) is 0 Å². The minimum atomic E-state index is -1.04. The van der Waals surface area contributed by atoms with E-state index in [4.69, 9.17) is 0 Å². The predicted octanol–water partition coefficient (Wildman–Crippen LogP) is 1.59. The van der Waals surface area contributed by atoms with Gasteiger partial charge >= 0.3 is 5.97 Å². The van der Waals surface area contributed by atoms with Crippen molar-refractivity contribution in [2.45, 2.75) is 32.2 Å². The third-order valence-corrected chi connectivity index (χ3v) is 4.24. The largest absolute Gasteiger partial charge is 0.480 e. The maximum absolute atomic E-state index is 12.0. The van der Waals surface area contributed by atoms with Crippen LogP contribution in [0.3, 0.4) is 0 Å². The molecule has 116 valence electrons. The summed E-state index contributed by atoms with van der Waals surface area (Å²) in [6, 6.07) is 2.54. The second-order valence-corrected chi connectivity index (χ2v) is 5.82. The van der Waals surface area contributed by atoms with Crippen LogP contribution in [0.2, 0.25) is 0 Å². The Morgan fingerprint density at radius 3 is 2.68 bits per heavy atom. The second kappa shape index (κ2) is 7.65. The van der Waals surface area contributed by atoms with Gasteiger partial charge in [0.15, 0.2) is 0 Å². The molecular weight excluding hydrogens is 302 g/mol. The number of carboxylic acids is 1. The number of thiazole rings is 1. The molecule has 0 aliphatic carbocycles. The molecule has 0 unspecified atom stereocenters. The zero-order valence-corrected chi connectivity index (χ0v) is 13.0. The summed E-state index contributed by atoms with van der Waals surface area (Å²) in [4.78, 5) is 32.3. The summed E-state index contributed by atoms with van der Waals surface area (Å²) in [5.41, 5.74) is 3.48. The van der Waals surface area contributed by atoms with E-state index in [1.165, 1.54) is 11.3 Å². The third kappa shape index (κ3) is 4.63. The molecule has 6 nitrogen and oxygen atoms in total. The number of hydrogen-bond donors (Lipinski definition) is 2. The predicted molar refractivity (Wildman–Crippen MR) is 82.7 cm³/mol. The van der Waals surface area contributed by atoms with E-state index in [1.54, 1.807) is 30.0 Å². The molecule has 0 aliphatic rings. The lowest BCUT2D eigenvalue weighted by molar-refractivity contribution is -0.141. The number of carbonyl (C=O) groups excluding carboxylic acids is 1. The molecule has 0 saturated carbocycles. The Bertz CT molecular complexity index is 642. The van der Waals surface area contributed by atoms with Crippen LogP contribution in [-0.4, -0.2) is 33.0 Å². The Kier molecular flexibility index (Phi) is 5.60. The van der Waals surface area contributed by atoms with Gasteiger partial charge in [-0.05, 0) is 31.0 Å². The van der Waals surface area contributed by atoms with Gasteiger partial charge in [-0.15, -0.1) is 11.3 Å². The first-order valence-corrected chi connectivity index (χ1v) is 7.74.